The van der Waals surface area contributed by atoms with Gasteiger partial charge >= 0.3 is 0 Å². The summed E-state index contributed by atoms with van der Waals surface area (Å²) in [5.74, 6) is 2.85. The fraction of sp³-hybridized carbons (Fsp3) is 0.464. The molecule has 0 radical (unpaired) electrons. The fourth-order valence-electron chi connectivity index (χ4n) is 5.06. The van der Waals surface area contributed by atoms with E-state index in [1.807, 2.05) is 42.5 Å². The highest BCUT2D eigenvalue weighted by atomic mass is 16.5. The van der Waals surface area contributed by atoms with Gasteiger partial charge in [0.25, 0.3) is 0 Å². The summed E-state index contributed by atoms with van der Waals surface area (Å²) in [6, 6.07) is 13.8. The number of hydrogen-bond acceptors (Lipinski definition) is 7. The number of nitrogens with zero attached hydrogens (tertiary/aromatic N) is 3. The van der Waals surface area contributed by atoms with Gasteiger partial charge in [0.15, 0.2) is 0 Å². The molecule has 8 heteroatoms. The second-order valence-electron chi connectivity index (χ2n) is 10.5. The predicted octanol–water partition coefficient (Wildman–Crippen LogP) is 4.68. The molecule has 1 amide bonds. The highest BCUT2D eigenvalue weighted by Crippen LogP contribution is 2.41. The van der Waals surface area contributed by atoms with Gasteiger partial charge in [-0.1, -0.05) is 35.0 Å². The zero-order valence-electron chi connectivity index (χ0n) is 21.4. The normalized spacial score (nSPS) is 19.8. The number of piperidine rings is 1. The van der Waals surface area contributed by atoms with Gasteiger partial charge in [0.1, 0.15) is 17.1 Å². The smallest absolute Gasteiger partial charge is 0.241 e. The van der Waals surface area contributed by atoms with Gasteiger partial charge in [-0.25, -0.2) is 0 Å². The summed E-state index contributed by atoms with van der Waals surface area (Å²) in [6.07, 6.45) is 2.29. The Morgan fingerprint density at radius 2 is 1.92 bits per heavy atom. The minimum absolute atomic E-state index is 0.0212. The van der Waals surface area contributed by atoms with E-state index in [1.165, 1.54) is 5.56 Å². The van der Waals surface area contributed by atoms with Gasteiger partial charge < -0.3 is 19.3 Å². The van der Waals surface area contributed by atoms with E-state index in [-0.39, 0.29) is 23.5 Å². The Labute approximate surface area is 212 Å². The minimum atomic E-state index is -0.357. The van der Waals surface area contributed by atoms with Crippen molar-refractivity contribution in [2.75, 3.05) is 20.2 Å². The molecule has 2 aliphatic heterocycles. The lowest BCUT2D eigenvalue weighted by Gasteiger charge is -2.39. The van der Waals surface area contributed by atoms with Crippen molar-refractivity contribution in [3.8, 4) is 22.9 Å². The first kappa shape index (κ1) is 24.3. The zero-order valence-corrected chi connectivity index (χ0v) is 21.4. The number of aromatic nitrogens is 2. The molecule has 1 fully saturated rings. The SMILES string of the molecule is COc1ccc2c(c1)C(NC(=O)C1CCN(Cc3nc(-c4ccc(C)cc4)no3)CC1)CC(C)(C)O2. The Morgan fingerprint density at radius 1 is 1.17 bits per heavy atom. The summed E-state index contributed by atoms with van der Waals surface area (Å²) >= 11 is 0. The van der Waals surface area contributed by atoms with E-state index in [4.69, 9.17) is 14.0 Å². The Balaban J connectivity index is 1.17. The Hall–Kier alpha value is -3.39. The van der Waals surface area contributed by atoms with E-state index in [1.54, 1.807) is 7.11 Å². The summed E-state index contributed by atoms with van der Waals surface area (Å²) in [7, 11) is 1.65. The van der Waals surface area contributed by atoms with Crippen LogP contribution in [-0.4, -0.2) is 46.7 Å². The van der Waals surface area contributed by atoms with Gasteiger partial charge in [0.2, 0.25) is 17.6 Å². The summed E-state index contributed by atoms with van der Waals surface area (Å²) in [5.41, 5.74) is 2.75. The molecule has 0 saturated carbocycles. The molecule has 2 aliphatic rings. The lowest BCUT2D eigenvalue weighted by molar-refractivity contribution is -0.127. The van der Waals surface area contributed by atoms with Gasteiger partial charge in [-0.15, -0.1) is 0 Å². The first-order valence-electron chi connectivity index (χ1n) is 12.6. The topological polar surface area (TPSA) is 89.7 Å². The molecule has 36 heavy (non-hydrogen) atoms. The second kappa shape index (κ2) is 9.93. The number of carbonyl (C=O) groups is 1. The van der Waals surface area contributed by atoms with Gasteiger partial charge in [-0.3, -0.25) is 9.69 Å². The molecular formula is C28H34N4O4. The van der Waals surface area contributed by atoms with Crippen molar-refractivity contribution >= 4 is 5.91 Å². The molecule has 3 aromatic rings. The van der Waals surface area contributed by atoms with Crippen LogP contribution in [0.2, 0.25) is 0 Å². The highest BCUT2D eigenvalue weighted by Gasteiger charge is 2.36. The fourth-order valence-corrected chi connectivity index (χ4v) is 5.06. The van der Waals surface area contributed by atoms with Crippen LogP contribution in [0.25, 0.3) is 11.4 Å². The van der Waals surface area contributed by atoms with E-state index in [0.717, 1.165) is 48.6 Å². The highest BCUT2D eigenvalue weighted by molar-refractivity contribution is 5.79. The molecule has 1 atom stereocenters. The number of aryl methyl sites for hydroxylation is 1. The molecule has 1 saturated heterocycles. The van der Waals surface area contributed by atoms with E-state index in [9.17, 15) is 4.79 Å². The van der Waals surface area contributed by atoms with Crippen LogP contribution in [0.15, 0.2) is 47.0 Å². The summed E-state index contributed by atoms with van der Waals surface area (Å²) in [6.45, 7) is 8.37. The minimum Gasteiger partial charge on any atom is -0.497 e. The van der Waals surface area contributed by atoms with Crippen LogP contribution in [0.5, 0.6) is 11.5 Å². The van der Waals surface area contributed by atoms with Crippen molar-refractivity contribution in [3.63, 3.8) is 0 Å². The van der Waals surface area contributed by atoms with Crippen molar-refractivity contribution in [1.82, 2.24) is 20.4 Å². The van der Waals surface area contributed by atoms with E-state index >= 15 is 0 Å². The first-order valence-corrected chi connectivity index (χ1v) is 12.6. The molecule has 3 heterocycles. The zero-order chi connectivity index (χ0) is 25.3. The third-order valence-corrected chi connectivity index (χ3v) is 7.09. The first-order chi connectivity index (χ1) is 17.3. The Bertz CT molecular complexity index is 1210. The lowest BCUT2D eigenvalue weighted by Crippen LogP contribution is -2.45. The summed E-state index contributed by atoms with van der Waals surface area (Å²) in [4.78, 5) is 20.1. The molecule has 1 aromatic heterocycles. The van der Waals surface area contributed by atoms with Crippen molar-refractivity contribution < 1.29 is 18.8 Å². The quantitative estimate of drug-likeness (QED) is 0.536. The number of ether oxygens (including phenoxy) is 2. The van der Waals surface area contributed by atoms with Crippen molar-refractivity contribution in [3.05, 3.63) is 59.5 Å². The number of benzene rings is 2. The second-order valence-corrected chi connectivity index (χ2v) is 10.5. The maximum Gasteiger partial charge on any atom is 0.241 e. The number of rotatable bonds is 6. The number of fused-ring (bicyclic) bond motifs is 1. The van der Waals surface area contributed by atoms with E-state index in [2.05, 4.69) is 41.1 Å². The van der Waals surface area contributed by atoms with E-state index < -0.39 is 0 Å². The van der Waals surface area contributed by atoms with Crippen LogP contribution in [0.4, 0.5) is 0 Å². The standard InChI is InChI=1S/C28H34N4O4/c1-18-5-7-19(8-6-18)26-30-25(36-31-26)17-32-13-11-20(12-14-32)27(33)29-23-16-28(2,3)35-24-10-9-21(34-4)15-22(23)24/h5-10,15,20,23H,11-14,16-17H2,1-4H3,(H,29,33). The van der Waals surface area contributed by atoms with Crippen molar-refractivity contribution in [1.29, 1.82) is 0 Å². The Kier molecular flexibility index (Phi) is 6.71. The van der Waals surface area contributed by atoms with Crippen LogP contribution < -0.4 is 14.8 Å². The molecular weight excluding hydrogens is 456 g/mol. The van der Waals surface area contributed by atoms with Crippen molar-refractivity contribution in [2.24, 2.45) is 5.92 Å². The monoisotopic (exact) mass is 490 g/mol. The Morgan fingerprint density at radius 3 is 2.64 bits per heavy atom. The van der Waals surface area contributed by atoms with Crippen LogP contribution in [0, 0.1) is 12.8 Å². The number of nitrogens with one attached hydrogen (secondary N) is 1. The van der Waals surface area contributed by atoms with Gasteiger partial charge in [0.05, 0.1) is 19.7 Å². The lowest BCUT2D eigenvalue weighted by atomic mass is 9.88. The molecule has 0 spiro atoms. The number of hydrogen-bond donors (Lipinski definition) is 1. The third kappa shape index (κ3) is 5.38. The average molecular weight is 491 g/mol. The average Bonchev–Trinajstić information content (AvgIpc) is 3.32. The summed E-state index contributed by atoms with van der Waals surface area (Å²) in [5, 5.41) is 7.44. The number of likely N-dealkylation sites (tertiary alicyclic amines) is 1. The summed E-state index contributed by atoms with van der Waals surface area (Å²) < 4.78 is 17.0. The largest absolute Gasteiger partial charge is 0.497 e. The van der Waals surface area contributed by atoms with E-state index in [0.29, 0.717) is 24.7 Å². The number of carbonyl (C=O) groups excluding carboxylic acids is 1. The maximum atomic E-state index is 13.2. The molecule has 2 aromatic carbocycles. The van der Waals surface area contributed by atoms with Crippen LogP contribution in [-0.2, 0) is 11.3 Å². The predicted molar refractivity (Wildman–Crippen MR) is 136 cm³/mol. The molecule has 8 nitrogen and oxygen atoms in total. The molecule has 1 N–H and O–H groups in total. The number of amides is 1. The molecule has 5 rings (SSSR count). The maximum absolute atomic E-state index is 13.2. The van der Waals surface area contributed by atoms with Gasteiger partial charge in [-0.2, -0.15) is 4.98 Å². The van der Waals surface area contributed by atoms with Gasteiger partial charge in [0, 0.05) is 23.5 Å². The number of methoxy groups -OCH3 is 1. The third-order valence-electron chi connectivity index (χ3n) is 7.09. The van der Waals surface area contributed by atoms with Crippen LogP contribution >= 0.6 is 0 Å². The van der Waals surface area contributed by atoms with Crippen molar-refractivity contribution in [2.45, 2.75) is 58.2 Å². The van der Waals surface area contributed by atoms with Gasteiger partial charge in [-0.05, 0) is 64.9 Å². The van der Waals surface area contributed by atoms with Crippen LogP contribution in [0.1, 0.15) is 56.2 Å². The molecule has 0 bridgehead atoms. The van der Waals surface area contributed by atoms with Crippen LogP contribution in [0.3, 0.4) is 0 Å². The molecule has 1 unspecified atom stereocenters. The molecule has 0 aliphatic carbocycles. The molecule has 190 valence electrons.